The number of esters is 2. The maximum Gasteiger partial charge on any atom is 0.337 e. The highest BCUT2D eigenvalue weighted by atomic mass is 35.5. The minimum absolute atomic E-state index is 0. The molecule has 0 saturated heterocycles. The van der Waals surface area contributed by atoms with Crippen molar-refractivity contribution in [2.75, 3.05) is 33.9 Å². The number of benzene rings is 1. The number of halogens is 2. The van der Waals surface area contributed by atoms with E-state index in [1.807, 2.05) is 6.07 Å². The molecule has 0 amide bonds. The predicted molar refractivity (Wildman–Crippen MR) is 118 cm³/mol. The number of aliphatic hydroxyl groups is 1. The maximum atomic E-state index is 11.9. The van der Waals surface area contributed by atoms with E-state index in [0.717, 1.165) is 6.54 Å². The first-order valence-corrected chi connectivity index (χ1v) is 8.95. The number of methoxy groups -OCH3 is 2. The van der Waals surface area contributed by atoms with Gasteiger partial charge in [-0.2, -0.15) is 0 Å². The number of hydrogen-bond donors (Lipinski definition) is 3. The van der Waals surface area contributed by atoms with Crippen LogP contribution in [0.5, 0.6) is 0 Å². The summed E-state index contributed by atoms with van der Waals surface area (Å²) in [6.07, 6.45) is -0.372. The molecule has 1 aromatic heterocycles. The zero-order valence-electron chi connectivity index (χ0n) is 17.1. The number of nitrogens with one attached hydrogen (secondary N) is 2. The Labute approximate surface area is 188 Å². The predicted octanol–water partition coefficient (Wildman–Crippen LogP) is 2.42. The largest absolute Gasteiger partial charge is 0.465 e. The second-order valence-electron chi connectivity index (χ2n) is 6.28. The van der Waals surface area contributed by atoms with Crippen molar-refractivity contribution < 1.29 is 28.6 Å². The molecule has 1 aromatic carbocycles. The number of carbonyl (C=O) groups excluding carboxylic acids is 2. The van der Waals surface area contributed by atoms with E-state index in [-0.39, 0.29) is 42.0 Å². The van der Waals surface area contributed by atoms with E-state index in [1.54, 1.807) is 25.1 Å². The van der Waals surface area contributed by atoms with Gasteiger partial charge in [-0.15, -0.1) is 24.8 Å². The van der Waals surface area contributed by atoms with Gasteiger partial charge in [-0.1, -0.05) is 0 Å². The molecule has 0 radical (unpaired) electrons. The molecular weight excluding hydrogens is 435 g/mol. The Kier molecular flexibility index (Phi) is 13.0. The normalized spacial score (nSPS) is 11.1. The topological polar surface area (TPSA) is 110 Å². The third kappa shape index (κ3) is 8.33. The van der Waals surface area contributed by atoms with Crippen molar-refractivity contribution in [2.24, 2.45) is 0 Å². The number of aliphatic hydroxyl groups excluding tert-OH is 1. The zero-order valence-corrected chi connectivity index (χ0v) is 18.7. The summed E-state index contributed by atoms with van der Waals surface area (Å²) in [5, 5.41) is 15.5. The van der Waals surface area contributed by atoms with Gasteiger partial charge in [0.2, 0.25) is 0 Å². The molecule has 0 saturated carbocycles. The Hall–Kier alpha value is -2.10. The fraction of sp³-hybridized carbons (Fsp3) is 0.400. The van der Waals surface area contributed by atoms with Crippen molar-refractivity contribution in [3.05, 3.63) is 47.2 Å². The molecule has 1 heterocycles. The van der Waals surface area contributed by atoms with Crippen LogP contribution in [0.15, 0.2) is 34.7 Å². The van der Waals surface area contributed by atoms with E-state index in [2.05, 4.69) is 10.6 Å². The summed E-state index contributed by atoms with van der Waals surface area (Å²) in [6, 6.07) is 8.24. The van der Waals surface area contributed by atoms with Crippen LogP contribution in [0.3, 0.4) is 0 Å². The van der Waals surface area contributed by atoms with Crippen molar-refractivity contribution in [3.8, 4) is 11.3 Å². The van der Waals surface area contributed by atoms with Gasteiger partial charge in [-0.05, 0) is 37.3 Å². The summed E-state index contributed by atoms with van der Waals surface area (Å²) in [4.78, 5) is 23.8. The third-order valence-corrected chi connectivity index (χ3v) is 3.94. The molecule has 10 heteroatoms. The van der Waals surface area contributed by atoms with E-state index in [0.29, 0.717) is 36.7 Å². The number of carbonyl (C=O) groups is 2. The van der Waals surface area contributed by atoms with Crippen molar-refractivity contribution in [2.45, 2.75) is 19.6 Å². The zero-order chi connectivity index (χ0) is 20.5. The molecule has 3 N–H and O–H groups in total. The van der Waals surface area contributed by atoms with Crippen LogP contribution in [0, 0.1) is 0 Å². The lowest BCUT2D eigenvalue weighted by Gasteiger charge is -2.07. The van der Waals surface area contributed by atoms with Gasteiger partial charge in [0, 0.05) is 25.2 Å². The number of ether oxygens (including phenoxy) is 2. The van der Waals surface area contributed by atoms with E-state index in [9.17, 15) is 14.7 Å². The van der Waals surface area contributed by atoms with E-state index >= 15 is 0 Å². The fourth-order valence-corrected chi connectivity index (χ4v) is 2.57. The third-order valence-electron chi connectivity index (χ3n) is 3.94. The summed E-state index contributed by atoms with van der Waals surface area (Å²) in [7, 11) is 2.55. The van der Waals surface area contributed by atoms with Crippen LogP contribution in [-0.4, -0.2) is 57.0 Å². The van der Waals surface area contributed by atoms with E-state index in [1.165, 1.54) is 20.3 Å². The lowest BCUT2D eigenvalue weighted by molar-refractivity contribution is 0.0599. The van der Waals surface area contributed by atoms with Crippen LogP contribution < -0.4 is 10.6 Å². The Bertz CT molecular complexity index is 776. The quantitative estimate of drug-likeness (QED) is 0.364. The second-order valence-corrected chi connectivity index (χ2v) is 6.28. The van der Waals surface area contributed by atoms with Crippen LogP contribution in [0.25, 0.3) is 11.3 Å². The summed E-state index contributed by atoms with van der Waals surface area (Å²) >= 11 is 0. The molecule has 0 spiro atoms. The van der Waals surface area contributed by atoms with Crippen LogP contribution >= 0.6 is 24.8 Å². The summed E-state index contributed by atoms with van der Waals surface area (Å²) in [6.45, 7) is 4.24. The van der Waals surface area contributed by atoms with Crippen LogP contribution in [0.4, 0.5) is 0 Å². The molecule has 8 nitrogen and oxygen atoms in total. The number of hydrogen-bond acceptors (Lipinski definition) is 8. The van der Waals surface area contributed by atoms with Crippen LogP contribution in [0.1, 0.15) is 33.4 Å². The van der Waals surface area contributed by atoms with Gasteiger partial charge in [0.05, 0.1) is 38.0 Å². The minimum atomic E-state index is -0.551. The maximum absolute atomic E-state index is 11.9. The minimum Gasteiger partial charge on any atom is -0.465 e. The fourth-order valence-electron chi connectivity index (χ4n) is 2.57. The molecule has 0 aliphatic carbocycles. The second kappa shape index (κ2) is 14.0. The Morgan fingerprint density at radius 1 is 1.00 bits per heavy atom. The highest BCUT2D eigenvalue weighted by molar-refractivity contribution is 5.97. The first-order chi connectivity index (χ1) is 13.4. The molecule has 0 aliphatic rings. The molecular formula is C20H28Cl2N2O6. The summed E-state index contributed by atoms with van der Waals surface area (Å²) in [5.41, 5.74) is 1.05. The van der Waals surface area contributed by atoms with Gasteiger partial charge in [-0.3, -0.25) is 0 Å². The van der Waals surface area contributed by atoms with Crippen molar-refractivity contribution in [1.82, 2.24) is 10.6 Å². The highest BCUT2D eigenvalue weighted by Crippen LogP contribution is 2.25. The average molecular weight is 463 g/mol. The van der Waals surface area contributed by atoms with Gasteiger partial charge in [-0.25, -0.2) is 9.59 Å². The molecule has 30 heavy (non-hydrogen) atoms. The molecule has 0 aliphatic heterocycles. The highest BCUT2D eigenvalue weighted by Gasteiger charge is 2.16. The smallest absolute Gasteiger partial charge is 0.337 e. The van der Waals surface area contributed by atoms with Gasteiger partial charge in [0.1, 0.15) is 11.5 Å². The SMILES string of the molecule is COC(=O)c1cc(C(=O)OC)cc(-c2ccc(CNCCNCC(C)O)o2)c1.Cl.Cl. The van der Waals surface area contributed by atoms with Crippen molar-refractivity contribution in [3.63, 3.8) is 0 Å². The van der Waals surface area contributed by atoms with Gasteiger partial charge in [0.25, 0.3) is 0 Å². The molecule has 2 aromatic rings. The summed E-state index contributed by atoms with van der Waals surface area (Å²) < 4.78 is 15.3. The summed E-state index contributed by atoms with van der Waals surface area (Å²) in [5.74, 6) is 0.142. The lowest BCUT2D eigenvalue weighted by atomic mass is 10.0. The molecule has 168 valence electrons. The van der Waals surface area contributed by atoms with Crippen molar-refractivity contribution >= 4 is 36.8 Å². The monoisotopic (exact) mass is 462 g/mol. The Balaban J connectivity index is 0.00000420. The van der Waals surface area contributed by atoms with Crippen LogP contribution in [0.2, 0.25) is 0 Å². The molecule has 0 bridgehead atoms. The van der Waals surface area contributed by atoms with Gasteiger partial charge >= 0.3 is 11.9 Å². The molecule has 0 fully saturated rings. The molecule has 1 atom stereocenters. The van der Waals surface area contributed by atoms with Gasteiger partial charge in [0.15, 0.2) is 0 Å². The first kappa shape index (κ1) is 27.9. The molecule has 1 unspecified atom stereocenters. The van der Waals surface area contributed by atoms with Gasteiger partial charge < -0.3 is 29.6 Å². The van der Waals surface area contributed by atoms with E-state index < -0.39 is 11.9 Å². The first-order valence-electron chi connectivity index (χ1n) is 8.95. The average Bonchev–Trinajstić information content (AvgIpc) is 3.17. The Morgan fingerprint density at radius 3 is 2.10 bits per heavy atom. The number of rotatable bonds is 10. The van der Waals surface area contributed by atoms with Crippen LogP contribution in [-0.2, 0) is 16.0 Å². The van der Waals surface area contributed by atoms with E-state index in [4.69, 9.17) is 13.9 Å². The Morgan fingerprint density at radius 2 is 1.57 bits per heavy atom. The number of furan rings is 1. The standard InChI is InChI=1S/C20H26N2O6.2ClH/c1-13(23)11-21-6-7-22-12-17-4-5-18(28-17)14-8-15(19(24)26-2)10-16(9-14)20(25)27-3;;/h4-5,8-10,13,21-23H,6-7,11-12H2,1-3H3;2*1H. The lowest BCUT2D eigenvalue weighted by Crippen LogP contribution is -2.31. The molecule has 2 rings (SSSR count). The van der Waals surface area contributed by atoms with Crippen molar-refractivity contribution in [1.29, 1.82) is 0 Å².